The minimum absolute atomic E-state index is 0.231. The summed E-state index contributed by atoms with van der Waals surface area (Å²) in [6.45, 7) is 0.627. The number of amides is 1. The van der Waals surface area contributed by atoms with Gasteiger partial charge in [-0.25, -0.2) is 16.8 Å². The Morgan fingerprint density at radius 3 is 2.23 bits per heavy atom. The van der Waals surface area contributed by atoms with E-state index < -0.39 is 25.3 Å². The first-order valence-corrected chi connectivity index (χ1v) is 10.0. The van der Waals surface area contributed by atoms with Crippen LogP contribution in [0.15, 0.2) is 30.3 Å². The van der Waals surface area contributed by atoms with Crippen LogP contribution in [-0.2, 0) is 30.6 Å². The fourth-order valence-electron chi connectivity index (χ4n) is 2.36. The predicted octanol–water partition coefficient (Wildman–Crippen LogP) is 0.0566. The van der Waals surface area contributed by atoms with Gasteiger partial charge in [-0.3, -0.25) is 4.79 Å². The molecule has 0 spiro atoms. The lowest BCUT2D eigenvalue weighted by Gasteiger charge is -2.28. The van der Waals surface area contributed by atoms with Crippen LogP contribution in [0.5, 0.6) is 0 Å². The summed E-state index contributed by atoms with van der Waals surface area (Å²) in [4.78, 5) is 12.1. The van der Waals surface area contributed by atoms with Gasteiger partial charge in [0.05, 0.1) is 11.0 Å². The summed E-state index contributed by atoms with van der Waals surface area (Å²) in [7, 11) is -7.96. The van der Waals surface area contributed by atoms with Crippen LogP contribution in [0.2, 0.25) is 0 Å². The normalized spacial score (nSPS) is 17.4. The molecule has 1 aliphatic rings. The van der Waals surface area contributed by atoms with Gasteiger partial charge in [-0.1, -0.05) is 30.3 Å². The highest BCUT2D eigenvalue weighted by Crippen LogP contribution is 2.17. The molecule has 0 aromatic heterocycles. The van der Waals surface area contributed by atoms with Crippen molar-refractivity contribution in [3.63, 3.8) is 0 Å². The summed E-state index contributed by atoms with van der Waals surface area (Å²) in [6, 6.07) is 8.37. The highest BCUT2D eigenvalue weighted by atomic mass is 32.3. The zero-order valence-electron chi connectivity index (χ0n) is 11.9. The summed E-state index contributed by atoms with van der Waals surface area (Å²) in [5, 5.41) is -0.797. The Bertz CT molecular complexity index is 708. The van der Waals surface area contributed by atoms with E-state index in [2.05, 4.69) is 0 Å². The van der Waals surface area contributed by atoms with Crippen LogP contribution >= 0.6 is 0 Å². The number of benzene rings is 1. The molecule has 1 N–H and O–H groups in total. The average Bonchev–Trinajstić information content (AvgIpc) is 2.46. The molecule has 1 heterocycles. The molecule has 1 aromatic rings. The third-order valence-corrected chi connectivity index (χ3v) is 7.51. The van der Waals surface area contributed by atoms with Crippen molar-refractivity contribution >= 4 is 26.5 Å². The molecular weight excluding hydrogens is 328 g/mol. The van der Waals surface area contributed by atoms with E-state index in [1.165, 1.54) is 4.90 Å². The van der Waals surface area contributed by atoms with Crippen LogP contribution in [0, 0.1) is 0 Å². The zero-order chi connectivity index (χ0) is 16.2. The maximum atomic E-state index is 12.2. The number of carbonyl (C=O) groups is 1. The molecule has 2 rings (SSSR count). The average molecular weight is 346 g/mol. The largest absolute Gasteiger partial charge is 0.345 e. The van der Waals surface area contributed by atoms with E-state index in [0.29, 0.717) is 25.1 Å². The molecular formula is C13H18N2O5S2. The van der Waals surface area contributed by atoms with E-state index in [4.69, 9.17) is 0 Å². The van der Waals surface area contributed by atoms with Crippen molar-refractivity contribution < 1.29 is 21.6 Å². The van der Waals surface area contributed by atoms with Crippen LogP contribution in [0.4, 0.5) is 0 Å². The second-order valence-corrected chi connectivity index (χ2v) is 9.16. The molecule has 1 aliphatic heterocycles. The molecule has 1 fully saturated rings. The van der Waals surface area contributed by atoms with Crippen molar-refractivity contribution in [2.75, 3.05) is 13.1 Å². The molecule has 0 radical (unpaired) electrons. The number of nitrogens with one attached hydrogen (secondary N) is 1. The van der Waals surface area contributed by atoms with Gasteiger partial charge in [0.25, 0.3) is 0 Å². The Balaban J connectivity index is 2.03. The van der Waals surface area contributed by atoms with Crippen molar-refractivity contribution in [3.8, 4) is 0 Å². The zero-order valence-corrected chi connectivity index (χ0v) is 13.5. The minimum Gasteiger partial charge on any atom is -0.345 e. The number of carbonyl (C=O) groups excluding carboxylic acids is 1. The summed E-state index contributed by atoms with van der Waals surface area (Å²) >= 11 is 0. The molecule has 0 atom stereocenters. The van der Waals surface area contributed by atoms with Gasteiger partial charge in [0.2, 0.25) is 26.5 Å². The standard InChI is InChI=1S/C13H18N2O5S2/c16-11-15-8-6-13(7-9-15)22(19,20)14-21(17,18)10-12-4-2-1-3-5-12/h1-5,11,13-14H,6-10H2. The first kappa shape index (κ1) is 16.9. The Hall–Kier alpha value is -1.45. The molecule has 1 aromatic carbocycles. The lowest BCUT2D eigenvalue weighted by atomic mass is 10.1. The first-order chi connectivity index (χ1) is 10.3. The first-order valence-electron chi connectivity index (χ1n) is 6.81. The lowest BCUT2D eigenvalue weighted by Crippen LogP contribution is -2.44. The van der Waals surface area contributed by atoms with Gasteiger partial charge in [0.1, 0.15) is 0 Å². The summed E-state index contributed by atoms with van der Waals surface area (Å²) in [6.07, 6.45) is 1.13. The number of nitrogens with zero attached hydrogens (tertiary/aromatic N) is 1. The van der Waals surface area contributed by atoms with E-state index in [0.717, 1.165) is 0 Å². The second kappa shape index (κ2) is 6.76. The number of hydrogen-bond donors (Lipinski definition) is 1. The Kier molecular flexibility index (Phi) is 5.20. The third-order valence-electron chi connectivity index (χ3n) is 3.51. The lowest BCUT2D eigenvalue weighted by molar-refractivity contribution is -0.118. The number of piperidine rings is 1. The molecule has 0 saturated carbocycles. The number of sulfonamides is 2. The van der Waals surface area contributed by atoms with Crippen molar-refractivity contribution in [1.82, 2.24) is 9.03 Å². The maximum absolute atomic E-state index is 12.2. The Morgan fingerprint density at radius 2 is 1.68 bits per heavy atom. The monoisotopic (exact) mass is 346 g/mol. The SMILES string of the molecule is O=CN1CCC(S(=O)(=O)NS(=O)(=O)Cc2ccccc2)CC1. The van der Waals surface area contributed by atoms with Gasteiger partial charge in [0.15, 0.2) is 0 Å². The van der Waals surface area contributed by atoms with Gasteiger partial charge < -0.3 is 4.90 Å². The van der Waals surface area contributed by atoms with Gasteiger partial charge in [-0.15, -0.1) is 4.13 Å². The maximum Gasteiger partial charge on any atom is 0.228 e. The third kappa shape index (κ3) is 4.52. The topological polar surface area (TPSA) is 101 Å². The fourth-order valence-corrected chi connectivity index (χ4v) is 6.02. The fraction of sp³-hybridized carbons (Fsp3) is 0.462. The molecule has 0 unspecified atom stereocenters. The molecule has 122 valence electrons. The van der Waals surface area contributed by atoms with Crippen molar-refractivity contribution in [2.24, 2.45) is 0 Å². The van der Waals surface area contributed by atoms with Crippen molar-refractivity contribution in [3.05, 3.63) is 35.9 Å². The van der Waals surface area contributed by atoms with Crippen molar-refractivity contribution in [1.29, 1.82) is 0 Å². The molecule has 1 amide bonds. The Labute approximate surface area is 130 Å². The van der Waals surface area contributed by atoms with E-state index in [1.807, 2.05) is 4.13 Å². The van der Waals surface area contributed by atoms with Crippen LogP contribution in [0.1, 0.15) is 18.4 Å². The van der Waals surface area contributed by atoms with Gasteiger partial charge in [0, 0.05) is 13.1 Å². The van der Waals surface area contributed by atoms with E-state index in [-0.39, 0.29) is 18.6 Å². The molecule has 0 aliphatic carbocycles. The smallest absolute Gasteiger partial charge is 0.228 e. The molecule has 1 saturated heterocycles. The predicted molar refractivity (Wildman–Crippen MR) is 81.8 cm³/mol. The van der Waals surface area contributed by atoms with E-state index in [9.17, 15) is 21.6 Å². The summed E-state index contributed by atoms with van der Waals surface area (Å²) in [5.74, 6) is -0.389. The Morgan fingerprint density at radius 1 is 1.09 bits per heavy atom. The molecule has 0 bridgehead atoms. The van der Waals surface area contributed by atoms with Crippen LogP contribution in [-0.4, -0.2) is 46.5 Å². The minimum atomic E-state index is -3.98. The highest BCUT2D eigenvalue weighted by Gasteiger charge is 2.32. The van der Waals surface area contributed by atoms with Crippen LogP contribution in [0.25, 0.3) is 0 Å². The summed E-state index contributed by atoms with van der Waals surface area (Å²) in [5.41, 5.74) is 0.515. The van der Waals surface area contributed by atoms with Crippen molar-refractivity contribution in [2.45, 2.75) is 23.8 Å². The quantitative estimate of drug-likeness (QED) is 0.734. The molecule has 22 heavy (non-hydrogen) atoms. The molecule has 9 heteroatoms. The second-order valence-electron chi connectivity index (χ2n) is 5.21. The van der Waals surface area contributed by atoms with Gasteiger partial charge in [-0.2, -0.15) is 0 Å². The van der Waals surface area contributed by atoms with E-state index >= 15 is 0 Å². The van der Waals surface area contributed by atoms with Crippen LogP contribution < -0.4 is 4.13 Å². The van der Waals surface area contributed by atoms with Gasteiger partial charge >= 0.3 is 0 Å². The number of rotatable bonds is 6. The highest BCUT2D eigenvalue weighted by molar-refractivity contribution is 8.04. The van der Waals surface area contributed by atoms with E-state index in [1.54, 1.807) is 30.3 Å². The summed E-state index contributed by atoms with van der Waals surface area (Å²) < 4.78 is 50.2. The van der Waals surface area contributed by atoms with Crippen LogP contribution in [0.3, 0.4) is 0 Å². The molecule has 7 nitrogen and oxygen atoms in total. The number of likely N-dealkylation sites (tertiary alicyclic amines) is 1. The number of hydrogen-bond acceptors (Lipinski definition) is 5. The van der Waals surface area contributed by atoms with Gasteiger partial charge in [-0.05, 0) is 18.4 Å².